The van der Waals surface area contributed by atoms with Gasteiger partial charge in [-0.2, -0.15) is 5.10 Å². The van der Waals surface area contributed by atoms with Gasteiger partial charge in [-0.05, 0) is 12.8 Å². The van der Waals surface area contributed by atoms with Crippen molar-refractivity contribution in [1.82, 2.24) is 24.6 Å². The van der Waals surface area contributed by atoms with Gasteiger partial charge in [0.25, 0.3) is 5.91 Å². The van der Waals surface area contributed by atoms with Crippen molar-refractivity contribution in [3.8, 4) is 11.6 Å². The zero-order valence-corrected chi connectivity index (χ0v) is 15.9. The Kier molecular flexibility index (Phi) is 4.36. The van der Waals surface area contributed by atoms with Crippen molar-refractivity contribution in [3.05, 3.63) is 39.8 Å². The Hall–Kier alpha value is -2.48. The van der Waals surface area contributed by atoms with Crippen LogP contribution in [-0.2, 0) is 19.5 Å². The van der Waals surface area contributed by atoms with E-state index in [-0.39, 0.29) is 5.91 Å². The second-order valence-electron chi connectivity index (χ2n) is 6.98. The lowest BCUT2D eigenvalue weighted by Gasteiger charge is -2.27. The van der Waals surface area contributed by atoms with Crippen LogP contribution in [-0.4, -0.2) is 37.1 Å². The molecule has 1 aliphatic rings. The third-order valence-electron chi connectivity index (χ3n) is 4.43. The van der Waals surface area contributed by atoms with Gasteiger partial charge in [0.05, 0.1) is 18.3 Å². The average molecular weight is 371 g/mol. The second-order valence-corrected chi connectivity index (χ2v) is 7.69. The maximum atomic E-state index is 12.7. The summed E-state index contributed by atoms with van der Waals surface area (Å²) in [6.07, 6.45) is 2.47. The van der Waals surface area contributed by atoms with Crippen LogP contribution in [0.15, 0.2) is 21.5 Å². The minimum atomic E-state index is -0.0388. The lowest BCUT2D eigenvalue weighted by atomic mass is 10.0. The van der Waals surface area contributed by atoms with Gasteiger partial charge in [-0.1, -0.05) is 13.8 Å². The topological polar surface area (TPSA) is 77.1 Å². The van der Waals surface area contributed by atoms with E-state index in [2.05, 4.69) is 28.5 Å². The largest absolute Gasteiger partial charge is 0.440 e. The lowest BCUT2D eigenvalue weighted by Crippen LogP contribution is -2.36. The summed E-state index contributed by atoms with van der Waals surface area (Å²) in [5.74, 6) is 1.71. The summed E-state index contributed by atoms with van der Waals surface area (Å²) < 4.78 is 7.78. The highest BCUT2D eigenvalue weighted by Crippen LogP contribution is 2.31. The fourth-order valence-electron chi connectivity index (χ4n) is 3.28. The third-order valence-corrected chi connectivity index (χ3v) is 5.02. The summed E-state index contributed by atoms with van der Waals surface area (Å²) in [5.41, 5.74) is 5.13. The van der Waals surface area contributed by atoms with Crippen molar-refractivity contribution in [1.29, 1.82) is 0 Å². The summed E-state index contributed by atoms with van der Waals surface area (Å²) in [5, 5.41) is 6.57. The lowest BCUT2D eigenvalue weighted by molar-refractivity contribution is 0.0728. The van der Waals surface area contributed by atoms with E-state index in [1.54, 1.807) is 17.1 Å². The van der Waals surface area contributed by atoms with Crippen LogP contribution in [0.5, 0.6) is 0 Å². The van der Waals surface area contributed by atoms with Gasteiger partial charge in [0.15, 0.2) is 5.69 Å². The summed E-state index contributed by atoms with van der Waals surface area (Å²) >= 11 is 1.43. The molecule has 7 nitrogen and oxygen atoms in total. The first kappa shape index (κ1) is 17.0. The quantitative estimate of drug-likeness (QED) is 0.704. The smallest absolute Gasteiger partial charge is 0.273 e. The second kappa shape index (κ2) is 6.68. The fourth-order valence-corrected chi connectivity index (χ4v) is 3.80. The van der Waals surface area contributed by atoms with Gasteiger partial charge in [-0.15, -0.1) is 11.3 Å². The van der Waals surface area contributed by atoms with E-state index in [1.165, 1.54) is 17.0 Å². The van der Waals surface area contributed by atoms with E-state index in [0.717, 1.165) is 30.0 Å². The number of rotatable bonds is 4. The molecule has 0 saturated heterocycles. The molecule has 0 radical (unpaired) electrons. The third kappa shape index (κ3) is 3.05. The molecule has 0 aromatic carbocycles. The predicted octanol–water partition coefficient (Wildman–Crippen LogP) is 3.16. The van der Waals surface area contributed by atoms with Crippen LogP contribution >= 0.6 is 11.3 Å². The Morgan fingerprint density at radius 1 is 1.38 bits per heavy atom. The molecular weight excluding hydrogens is 350 g/mol. The molecular formula is C18H21N5O2S. The Balaban J connectivity index is 1.71. The number of aryl methyl sites for hydroxylation is 1. The number of hydrogen-bond donors (Lipinski definition) is 0. The number of thiazole rings is 1. The zero-order chi connectivity index (χ0) is 18.3. The first-order valence-electron chi connectivity index (χ1n) is 8.71. The molecule has 0 atom stereocenters. The minimum absolute atomic E-state index is 0.0388. The molecule has 0 unspecified atom stereocenters. The number of fused-ring (bicyclic) bond motifs is 1. The van der Waals surface area contributed by atoms with Gasteiger partial charge in [0, 0.05) is 36.1 Å². The van der Waals surface area contributed by atoms with Crippen LogP contribution < -0.4 is 0 Å². The fraction of sp³-hybridized carbons (Fsp3) is 0.444. The molecule has 0 saturated carbocycles. The molecule has 0 bridgehead atoms. The Bertz CT molecular complexity index is 926. The van der Waals surface area contributed by atoms with E-state index < -0.39 is 0 Å². The molecule has 1 aliphatic heterocycles. The number of hydrogen-bond acceptors (Lipinski definition) is 6. The predicted molar refractivity (Wildman–Crippen MR) is 97.9 cm³/mol. The van der Waals surface area contributed by atoms with Crippen LogP contribution in [0.2, 0.25) is 0 Å². The number of amides is 1. The van der Waals surface area contributed by atoms with Gasteiger partial charge in [-0.3, -0.25) is 9.48 Å². The maximum Gasteiger partial charge on any atom is 0.273 e. The first-order valence-corrected chi connectivity index (χ1v) is 9.66. The van der Waals surface area contributed by atoms with Crippen molar-refractivity contribution >= 4 is 17.2 Å². The maximum absolute atomic E-state index is 12.7. The van der Waals surface area contributed by atoms with Crippen LogP contribution in [0.3, 0.4) is 0 Å². The molecule has 4 heterocycles. The van der Waals surface area contributed by atoms with Crippen molar-refractivity contribution in [3.63, 3.8) is 0 Å². The molecule has 3 aromatic heterocycles. The molecule has 8 heteroatoms. The SMILES string of the molecule is Cc1cnc(-c2nn(CC(C)C)c3c2CN(C(=O)c2cscn2)CC3)o1. The molecule has 0 N–H and O–H groups in total. The van der Waals surface area contributed by atoms with Crippen LogP contribution in [0.25, 0.3) is 11.6 Å². The minimum Gasteiger partial charge on any atom is -0.440 e. The van der Waals surface area contributed by atoms with Gasteiger partial charge >= 0.3 is 0 Å². The van der Waals surface area contributed by atoms with Crippen LogP contribution in [0.4, 0.5) is 0 Å². The zero-order valence-electron chi connectivity index (χ0n) is 15.1. The van der Waals surface area contributed by atoms with Gasteiger partial charge in [0.1, 0.15) is 11.5 Å². The van der Waals surface area contributed by atoms with Crippen molar-refractivity contribution in [2.75, 3.05) is 6.54 Å². The van der Waals surface area contributed by atoms with Gasteiger partial charge in [-0.25, -0.2) is 9.97 Å². The molecule has 0 spiro atoms. The number of oxazole rings is 1. The number of aromatic nitrogens is 4. The Morgan fingerprint density at radius 3 is 2.88 bits per heavy atom. The molecule has 26 heavy (non-hydrogen) atoms. The summed E-state index contributed by atoms with van der Waals surface area (Å²) in [7, 11) is 0. The number of nitrogens with zero attached hydrogens (tertiary/aromatic N) is 5. The first-order chi connectivity index (χ1) is 12.5. The standard InChI is InChI=1S/C18H21N5O2S/c1-11(2)7-23-15-4-5-22(18(24)14-9-26-10-20-14)8-13(15)16(21-23)17-19-6-12(3)25-17/h6,9-11H,4-5,7-8H2,1-3H3. The van der Waals surface area contributed by atoms with Gasteiger partial charge < -0.3 is 9.32 Å². The molecule has 4 rings (SSSR count). The van der Waals surface area contributed by atoms with Crippen molar-refractivity contribution in [2.24, 2.45) is 5.92 Å². The van der Waals surface area contributed by atoms with Crippen molar-refractivity contribution < 1.29 is 9.21 Å². The van der Waals surface area contributed by atoms with Gasteiger partial charge in [0.2, 0.25) is 5.89 Å². The number of carbonyl (C=O) groups is 1. The average Bonchev–Trinajstić information content (AvgIpc) is 3.34. The Morgan fingerprint density at radius 2 is 2.23 bits per heavy atom. The molecule has 1 amide bonds. The van der Waals surface area contributed by atoms with E-state index in [1.807, 2.05) is 11.8 Å². The Labute approximate surface area is 155 Å². The molecule has 3 aromatic rings. The summed E-state index contributed by atoms with van der Waals surface area (Å²) in [6, 6.07) is 0. The van der Waals surface area contributed by atoms with E-state index in [0.29, 0.717) is 30.6 Å². The normalized spacial score (nSPS) is 14.1. The molecule has 136 valence electrons. The van der Waals surface area contributed by atoms with E-state index >= 15 is 0 Å². The summed E-state index contributed by atoms with van der Waals surface area (Å²) in [4.78, 5) is 23.0. The van der Waals surface area contributed by atoms with Crippen molar-refractivity contribution in [2.45, 2.75) is 40.3 Å². The highest BCUT2D eigenvalue weighted by atomic mass is 32.1. The highest BCUT2D eigenvalue weighted by Gasteiger charge is 2.30. The highest BCUT2D eigenvalue weighted by molar-refractivity contribution is 7.07. The van der Waals surface area contributed by atoms with E-state index in [4.69, 9.17) is 9.52 Å². The molecule has 0 fully saturated rings. The summed E-state index contributed by atoms with van der Waals surface area (Å²) in [6.45, 7) is 8.21. The van der Waals surface area contributed by atoms with Crippen LogP contribution in [0, 0.1) is 12.8 Å². The van der Waals surface area contributed by atoms with E-state index in [9.17, 15) is 4.79 Å². The van der Waals surface area contributed by atoms with Crippen LogP contribution in [0.1, 0.15) is 41.4 Å². The number of carbonyl (C=O) groups excluding carboxylic acids is 1. The monoisotopic (exact) mass is 371 g/mol. The molecule has 0 aliphatic carbocycles.